The fourth-order valence-electron chi connectivity index (χ4n) is 2.33. The highest BCUT2D eigenvalue weighted by Gasteiger charge is 2.29. The number of rotatable bonds is 7. The van der Waals surface area contributed by atoms with Crippen LogP contribution in [-0.4, -0.2) is 26.4 Å². The Balaban J connectivity index is 1.51. The first-order chi connectivity index (χ1) is 11.2. The molecule has 1 N–H and O–H groups in total. The Bertz CT molecular complexity index is 682. The minimum absolute atomic E-state index is 0.0669. The highest BCUT2D eigenvalue weighted by Crippen LogP contribution is 2.38. The fourth-order valence-corrected chi connectivity index (χ4v) is 3.18. The van der Waals surface area contributed by atoms with Gasteiger partial charge in [0.25, 0.3) is 0 Å². The number of benzene rings is 1. The Labute approximate surface area is 138 Å². The summed E-state index contributed by atoms with van der Waals surface area (Å²) < 4.78 is 15.0. The predicted octanol–water partition coefficient (Wildman–Crippen LogP) is 2.72. The molecule has 0 spiro atoms. The lowest BCUT2D eigenvalue weighted by Crippen LogP contribution is -2.24. The number of nitrogens with one attached hydrogen (secondary N) is 1. The molecule has 122 valence electrons. The van der Waals surface area contributed by atoms with Crippen LogP contribution in [0.5, 0.6) is 0 Å². The largest absolute Gasteiger partial charge is 0.351 e. The van der Waals surface area contributed by atoms with Crippen LogP contribution in [0.2, 0.25) is 0 Å². The minimum atomic E-state index is -0.276. The molecule has 7 heteroatoms. The summed E-state index contributed by atoms with van der Waals surface area (Å²) in [6.45, 7) is 2.46. The van der Waals surface area contributed by atoms with Gasteiger partial charge in [0, 0.05) is 19.0 Å². The van der Waals surface area contributed by atoms with Gasteiger partial charge in [0.2, 0.25) is 5.91 Å². The van der Waals surface area contributed by atoms with Crippen molar-refractivity contribution in [2.75, 3.05) is 5.75 Å². The lowest BCUT2D eigenvalue weighted by molar-refractivity contribution is -0.118. The molecule has 0 bridgehead atoms. The third kappa shape index (κ3) is 4.10. The number of aryl methyl sites for hydroxylation is 1. The van der Waals surface area contributed by atoms with Gasteiger partial charge < -0.3 is 9.88 Å². The number of hydrogen-bond donors (Lipinski definition) is 1. The Hall–Kier alpha value is -1.89. The van der Waals surface area contributed by atoms with Gasteiger partial charge in [0.1, 0.15) is 11.6 Å². The van der Waals surface area contributed by atoms with E-state index >= 15 is 0 Å². The fraction of sp³-hybridized carbons (Fsp3) is 0.438. The topological polar surface area (TPSA) is 59.8 Å². The van der Waals surface area contributed by atoms with Gasteiger partial charge in [0.15, 0.2) is 5.16 Å². The van der Waals surface area contributed by atoms with Crippen LogP contribution < -0.4 is 5.32 Å². The van der Waals surface area contributed by atoms with Gasteiger partial charge in [-0.3, -0.25) is 4.79 Å². The quantitative estimate of drug-likeness (QED) is 0.791. The average molecular weight is 334 g/mol. The number of carbonyl (C=O) groups excluding carboxylic acids is 1. The second-order valence-electron chi connectivity index (χ2n) is 5.55. The van der Waals surface area contributed by atoms with Crippen molar-refractivity contribution < 1.29 is 9.18 Å². The molecule has 1 aliphatic rings. The van der Waals surface area contributed by atoms with E-state index in [1.54, 1.807) is 12.1 Å². The number of halogens is 1. The molecule has 1 aliphatic carbocycles. The third-order valence-corrected chi connectivity index (χ3v) is 4.64. The summed E-state index contributed by atoms with van der Waals surface area (Å²) in [6.07, 6.45) is 3.17. The summed E-state index contributed by atoms with van der Waals surface area (Å²) in [5, 5.41) is 12.1. The lowest BCUT2D eigenvalue weighted by atomic mass is 10.2. The van der Waals surface area contributed by atoms with E-state index in [0.29, 0.717) is 18.3 Å². The first-order valence-corrected chi connectivity index (χ1v) is 8.73. The maximum Gasteiger partial charge on any atom is 0.230 e. The van der Waals surface area contributed by atoms with Crippen LogP contribution in [0.25, 0.3) is 0 Å². The molecule has 1 amide bonds. The molecule has 0 saturated heterocycles. The Kier molecular flexibility index (Phi) is 4.95. The molecule has 2 aromatic rings. The van der Waals surface area contributed by atoms with Crippen molar-refractivity contribution in [3.63, 3.8) is 0 Å². The summed E-state index contributed by atoms with van der Waals surface area (Å²) in [4.78, 5) is 12.0. The molecule has 1 heterocycles. The summed E-state index contributed by atoms with van der Waals surface area (Å²) in [7, 11) is 0. The number of thioether (sulfide) groups is 1. The van der Waals surface area contributed by atoms with Crippen LogP contribution in [0.15, 0.2) is 29.4 Å². The van der Waals surface area contributed by atoms with Crippen LogP contribution >= 0.6 is 11.8 Å². The van der Waals surface area contributed by atoms with Crippen LogP contribution in [0.1, 0.15) is 37.2 Å². The smallest absolute Gasteiger partial charge is 0.230 e. The van der Waals surface area contributed by atoms with Crippen molar-refractivity contribution in [1.29, 1.82) is 0 Å². The van der Waals surface area contributed by atoms with Crippen molar-refractivity contribution in [2.45, 2.75) is 43.9 Å². The molecule has 0 atom stereocenters. The maximum atomic E-state index is 12.8. The molecule has 0 radical (unpaired) electrons. The van der Waals surface area contributed by atoms with Gasteiger partial charge in [-0.25, -0.2) is 4.39 Å². The van der Waals surface area contributed by atoms with Gasteiger partial charge in [-0.1, -0.05) is 30.8 Å². The number of nitrogens with zero attached hydrogens (tertiary/aromatic N) is 3. The monoisotopic (exact) mass is 334 g/mol. The highest BCUT2D eigenvalue weighted by atomic mass is 32.2. The van der Waals surface area contributed by atoms with E-state index in [9.17, 15) is 9.18 Å². The number of amides is 1. The standard InChI is InChI=1S/C16H19FN4OS/c1-2-14-19-20-16(21(14)13-7-8-13)23-10-15(22)18-9-11-3-5-12(17)6-4-11/h3-6,13H,2,7-10H2,1H3,(H,18,22). The molecule has 1 fully saturated rings. The normalized spacial score (nSPS) is 14.0. The minimum Gasteiger partial charge on any atom is -0.351 e. The Morgan fingerprint density at radius 2 is 2.09 bits per heavy atom. The van der Waals surface area contributed by atoms with Crippen LogP contribution in [0.3, 0.4) is 0 Å². The molecule has 5 nitrogen and oxygen atoms in total. The van der Waals surface area contributed by atoms with Gasteiger partial charge >= 0.3 is 0 Å². The van der Waals surface area contributed by atoms with E-state index in [4.69, 9.17) is 0 Å². The zero-order valence-electron chi connectivity index (χ0n) is 13.0. The van der Waals surface area contributed by atoms with E-state index in [1.165, 1.54) is 23.9 Å². The maximum absolute atomic E-state index is 12.8. The molecule has 23 heavy (non-hydrogen) atoms. The summed E-state index contributed by atoms with van der Waals surface area (Å²) in [6, 6.07) is 6.62. The van der Waals surface area contributed by atoms with Crippen molar-refractivity contribution in [2.24, 2.45) is 0 Å². The summed E-state index contributed by atoms with van der Waals surface area (Å²) >= 11 is 1.41. The summed E-state index contributed by atoms with van der Waals surface area (Å²) in [5.74, 6) is 0.946. The van der Waals surface area contributed by atoms with E-state index in [1.807, 2.05) is 0 Å². The van der Waals surface area contributed by atoms with Crippen LogP contribution in [0.4, 0.5) is 4.39 Å². The van der Waals surface area contributed by atoms with Crippen molar-refractivity contribution in [1.82, 2.24) is 20.1 Å². The van der Waals surface area contributed by atoms with Crippen molar-refractivity contribution in [3.05, 3.63) is 41.5 Å². The lowest BCUT2D eigenvalue weighted by Gasteiger charge is -2.08. The van der Waals surface area contributed by atoms with E-state index in [-0.39, 0.29) is 11.7 Å². The Morgan fingerprint density at radius 3 is 2.74 bits per heavy atom. The first-order valence-electron chi connectivity index (χ1n) is 7.75. The van der Waals surface area contributed by atoms with Crippen molar-refractivity contribution >= 4 is 17.7 Å². The third-order valence-electron chi connectivity index (χ3n) is 3.70. The zero-order valence-corrected chi connectivity index (χ0v) is 13.8. The SMILES string of the molecule is CCc1nnc(SCC(=O)NCc2ccc(F)cc2)n1C1CC1. The van der Waals surface area contributed by atoms with Crippen LogP contribution in [-0.2, 0) is 17.8 Å². The van der Waals surface area contributed by atoms with Crippen LogP contribution in [0, 0.1) is 5.82 Å². The molecular formula is C16H19FN4OS. The van der Waals surface area contributed by atoms with Gasteiger partial charge in [-0.2, -0.15) is 0 Å². The second-order valence-corrected chi connectivity index (χ2v) is 6.49. The zero-order chi connectivity index (χ0) is 16.2. The summed E-state index contributed by atoms with van der Waals surface area (Å²) in [5.41, 5.74) is 0.874. The molecule has 1 aromatic heterocycles. The van der Waals surface area contributed by atoms with E-state index in [2.05, 4.69) is 27.0 Å². The van der Waals surface area contributed by atoms with E-state index in [0.717, 1.165) is 35.8 Å². The van der Waals surface area contributed by atoms with E-state index < -0.39 is 0 Å². The van der Waals surface area contributed by atoms with Crippen molar-refractivity contribution in [3.8, 4) is 0 Å². The molecular weight excluding hydrogens is 315 g/mol. The number of hydrogen-bond acceptors (Lipinski definition) is 4. The van der Waals surface area contributed by atoms with Gasteiger partial charge in [0.05, 0.1) is 5.75 Å². The predicted molar refractivity (Wildman–Crippen MR) is 86.6 cm³/mol. The molecule has 1 aromatic carbocycles. The average Bonchev–Trinajstić information content (AvgIpc) is 3.32. The first kappa shape index (κ1) is 16.0. The number of carbonyl (C=O) groups is 1. The van der Waals surface area contributed by atoms with Gasteiger partial charge in [-0.15, -0.1) is 10.2 Å². The molecule has 1 saturated carbocycles. The highest BCUT2D eigenvalue weighted by molar-refractivity contribution is 7.99. The second kappa shape index (κ2) is 7.12. The molecule has 0 unspecified atom stereocenters. The van der Waals surface area contributed by atoms with Gasteiger partial charge in [-0.05, 0) is 30.5 Å². The molecule has 0 aliphatic heterocycles. The molecule has 3 rings (SSSR count). The number of aromatic nitrogens is 3. The Morgan fingerprint density at radius 1 is 1.35 bits per heavy atom.